The fourth-order valence-electron chi connectivity index (χ4n) is 2.15. The van der Waals surface area contributed by atoms with Crippen LogP contribution in [0.1, 0.15) is 18.1 Å². The first-order valence-electron chi connectivity index (χ1n) is 6.39. The van der Waals surface area contributed by atoms with E-state index in [1.54, 1.807) is 0 Å². The summed E-state index contributed by atoms with van der Waals surface area (Å²) in [4.78, 5) is 0. The molecule has 1 fully saturated rings. The lowest BCUT2D eigenvalue weighted by Gasteiger charge is -2.21. The van der Waals surface area contributed by atoms with Crippen LogP contribution in [0, 0.1) is 5.92 Å². The summed E-state index contributed by atoms with van der Waals surface area (Å²) in [6, 6.07) is 7.86. The van der Waals surface area contributed by atoms with Crippen molar-refractivity contribution in [1.82, 2.24) is 5.32 Å². The van der Waals surface area contributed by atoms with E-state index in [0.717, 1.165) is 43.4 Å². The number of rotatable bonds is 6. The molecule has 1 heterocycles. The van der Waals surface area contributed by atoms with Crippen LogP contribution in [0.25, 0.3) is 0 Å². The van der Waals surface area contributed by atoms with Crippen LogP contribution in [-0.2, 0) is 9.47 Å². The van der Waals surface area contributed by atoms with Crippen molar-refractivity contribution in [2.75, 3.05) is 33.4 Å². The lowest BCUT2D eigenvalue weighted by molar-refractivity contribution is 0.0264. The molecule has 1 aromatic rings. The zero-order valence-electron chi connectivity index (χ0n) is 10.7. The van der Waals surface area contributed by atoms with Gasteiger partial charge in [0.05, 0.1) is 19.3 Å². The summed E-state index contributed by atoms with van der Waals surface area (Å²) in [5.41, 5.74) is 1.05. The summed E-state index contributed by atoms with van der Waals surface area (Å²) in [6.45, 7) is 3.17. The lowest BCUT2D eigenvalue weighted by atomic mass is 10.1. The summed E-state index contributed by atoms with van der Waals surface area (Å²) < 4.78 is 11.4. The van der Waals surface area contributed by atoms with E-state index in [2.05, 4.69) is 5.32 Å². The van der Waals surface area contributed by atoms with Gasteiger partial charge in [0.1, 0.15) is 0 Å². The Labute approximate surface area is 113 Å². The number of benzene rings is 1. The van der Waals surface area contributed by atoms with E-state index in [1.165, 1.54) is 0 Å². The molecule has 0 radical (unpaired) electrons. The van der Waals surface area contributed by atoms with Crippen molar-refractivity contribution in [3.05, 3.63) is 34.9 Å². The van der Waals surface area contributed by atoms with E-state index in [4.69, 9.17) is 21.1 Å². The molecule has 0 aliphatic carbocycles. The topological polar surface area (TPSA) is 30.5 Å². The molecule has 0 amide bonds. The van der Waals surface area contributed by atoms with Crippen molar-refractivity contribution >= 4 is 11.6 Å². The normalized spacial score (nSPS) is 21.1. The van der Waals surface area contributed by atoms with Crippen molar-refractivity contribution in [2.45, 2.75) is 12.5 Å². The number of hydrogen-bond donors (Lipinski definition) is 1. The highest BCUT2D eigenvalue weighted by molar-refractivity contribution is 6.31. The van der Waals surface area contributed by atoms with Crippen LogP contribution in [0.3, 0.4) is 0 Å². The molecule has 2 unspecified atom stereocenters. The SMILES string of the molecule is CNCC(OCC1CCOC1)c1ccccc1Cl. The highest BCUT2D eigenvalue weighted by Gasteiger charge is 2.20. The van der Waals surface area contributed by atoms with Crippen molar-refractivity contribution in [3.8, 4) is 0 Å². The Hall–Kier alpha value is -0.610. The third-order valence-corrected chi connectivity index (χ3v) is 3.54. The molecule has 4 heteroatoms. The second-order valence-electron chi connectivity index (χ2n) is 4.63. The summed E-state index contributed by atoms with van der Waals surface area (Å²) >= 11 is 6.22. The van der Waals surface area contributed by atoms with Gasteiger partial charge in [0.2, 0.25) is 0 Å². The molecule has 0 saturated carbocycles. The Bertz CT molecular complexity index is 367. The van der Waals surface area contributed by atoms with Gasteiger partial charge >= 0.3 is 0 Å². The second kappa shape index (κ2) is 7.10. The predicted molar refractivity (Wildman–Crippen MR) is 73.0 cm³/mol. The molecule has 0 bridgehead atoms. The average Bonchev–Trinajstić information content (AvgIpc) is 2.88. The van der Waals surface area contributed by atoms with E-state index < -0.39 is 0 Å². The van der Waals surface area contributed by atoms with Crippen molar-refractivity contribution in [1.29, 1.82) is 0 Å². The van der Waals surface area contributed by atoms with Gasteiger partial charge in [0.25, 0.3) is 0 Å². The van der Waals surface area contributed by atoms with Gasteiger partial charge in [-0.05, 0) is 19.5 Å². The molecule has 0 aromatic heterocycles. The molecule has 1 N–H and O–H groups in total. The highest BCUT2D eigenvalue weighted by atomic mass is 35.5. The molecule has 1 aliphatic heterocycles. The van der Waals surface area contributed by atoms with Crippen LogP contribution >= 0.6 is 11.6 Å². The number of ether oxygens (including phenoxy) is 2. The minimum absolute atomic E-state index is 0.00398. The van der Waals surface area contributed by atoms with Gasteiger partial charge in [0.15, 0.2) is 0 Å². The minimum Gasteiger partial charge on any atom is -0.381 e. The van der Waals surface area contributed by atoms with Gasteiger partial charge in [-0.3, -0.25) is 0 Å². The fourth-order valence-corrected chi connectivity index (χ4v) is 2.40. The quantitative estimate of drug-likeness (QED) is 0.861. The largest absolute Gasteiger partial charge is 0.381 e. The molecule has 0 spiro atoms. The Morgan fingerprint density at radius 1 is 1.50 bits per heavy atom. The lowest BCUT2D eigenvalue weighted by Crippen LogP contribution is -2.22. The Morgan fingerprint density at radius 2 is 2.33 bits per heavy atom. The number of halogens is 1. The van der Waals surface area contributed by atoms with Crippen LogP contribution in [0.4, 0.5) is 0 Å². The van der Waals surface area contributed by atoms with Gasteiger partial charge in [-0.2, -0.15) is 0 Å². The third-order valence-electron chi connectivity index (χ3n) is 3.20. The molecule has 2 atom stereocenters. The van der Waals surface area contributed by atoms with Crippen LogP contribution in [0.15, 0.2) is 24.3 Å². The number of nitrogens with one attached hydrogen (secondary N) is 1. The van der Waals surface area contributed by atoms with Gasteiger partial charge < -0.3 is 14.8 Å². The van der Waals surface area contributed by atoms with Gasteiger partial charge in [-0.25, -0.2) is 0 Å². The molecule has 2 rings (SSSR count). The van der Waals surface area contributed by atoms with Crippen LogP contribution in [-0.4, -0.2) is 33.4 Å². The number of hydrogen-bond acceptors (Lipinski definition) is 3. The van der Waals surface area contributed by atoms with Crippen molar-refractivity contribution in [2.24, 2.45) is 5.92 Å². The Kier molecular flexibility index (Phi) is 5.45. The van der Waals surface area contributed by atoms with E-state index >= 15 is 0 Å². The molecule has 3 nitrogen and oxygen atoms in total. The first kappa shape index (κ1) is 13.8. The van der Waals surface area contributed by atoms with E-state index in [0.29, 0.717) is 5.92 Å². The zero-order chi connectivity index (χ0) is 12.8. The first-order valence-corrected chi connectivity index (χ1v) is 6.77. The summed E-state index contributed by atoms with van der Waals surface area (Å²) in [6.07, 6.45) is 1.10. The monoisotopic (exact) mass is 269 g/mol. The molecular formula is C14H20ClNO2. The molecular weight excluding hydrogens is 250 g/mol. The summed E-state index contributed by atoms with van der Waals surface area (Å²) in [7, 11) is 1.92. The average molecular weight is 270 g/mol. The van der Waals surface area contributed by atoms with Gasteiger partial charge in [0, 0.05) is 29.7 Å². The van der Waals surface area contributed by atoms with Gasteiger partial charge in [-0.15, -0.1) is 0 Å². The summed E-state index contributed by atoms with van der Waals surface area (Å²) in [5.74, 6) is 0.520. The zero-order valence-corrected chi connectivity index (χ0v) is 11.5. The maximum atomic E-state index is 6.22. The molecule has 18 heavy (non-hydrogen) atoms. The smallest absolute Gasteiger partial charge is 0.0963 e. The third kappa shape index (κ3) is 3.69. The molecule has 100 valence electrons. The van der Waals surface area contributed by atoms with Gasteiger partial charge in [-0.1, -0.05) is 29.8 Å². The van der Waals surface area contributed by atoms with E-state index in [1.807, 2.05) is 31.3 Å². The standard InChI is InChI=1S/C14H20ClNO2/c1-16-8-14(12-4-2-3-5-13(12)15)18-10-11-6-7-17-9-11/h2-5,11,14,16H,6-10H2,1H3. The Morgan fingerprint density at radius 3 is 3.00 bits per heavy atom. The highest BCUT2D eigenvalue weighted by Crippen LogP contribution is 2.26. The minimum atomic E-state index is 0.00398. The Balaban J connectivity index is 1.96. The van der Waals surface area contributed by atoms with Crippen LogP contribution < -0.4 is 5.32 Å². The number of likely N-dealkylation sites (N-methyl/N-ethyl adjacent to an activating group) is 1. The molecule has 1 aliphatic rings. The van der Waals surface area contributed by atoms with Crippen molar-refractivity contribution < 1.29 is 9.47 Å². The van der Waals surface area contributed by atoms with Crippen LogP contribution in [0.2, 0.25) is 5.02 Å². The maximum Gasteiger partial charge on any atom is 0.0963 e. The molecule has 1 saturated heterocycles. The predicted octanol–water partition coefficient (Wildman–Crippen LogP) is 2.65. The summed E-state index contributed by atoms with van der Waals surface area (Å²) in [5, 5.41) is 3.92. The van der Waals surface area contributed by atoms with E-state index in [-0.39, 0.29) is 6.10 Å². The maximum absolute atomic E-state index is 6.22. The first-order chi connectivity index (χ1) is 8.81. The van der Waals surface area contributed by atoms with Crippen molar-refractivity contribution in [3.63, 3.8) is 0 Å². The van der Waals surface area contributed by atoms with Crippen LogP contribution in [0.5, 0.6) is 0 Å². The fraction of sp³-hybridized carbons (Fsp3) is 0.571. The van der Waals surface area contributed by atoms with E-state index in [9.17, 15) is 0 Å². The molecule has 1 aromatic carbocycles. The second-order valence-corrected chi connectivity index (χ2v) is 5.04.